The van der Waals surface area contributed by atoms with Gasteiger partial charge in [0.1, 0.15) is 16.7 Å². The van der Waals surface area contributed by atoms with Crippen LogP contribution in [0.5, 0.6) is 0 Å². The summed E-state index contributed by atoms with van der Waals surface area (Å²) < 4.78 is 5.40. The molecule has 0 unspecified atom stereocenters. The van der Waals surface area contributed by atoms with E-state index in [9.17, 15) is 4.79 Å². The molecule has 24 heavy (non-hydrogen) atoms. The molecule has 1 aromatic carbocycles. The highest BCUT2D eigenvalue weighted by Crippen LogP contribution is 2.20. The first-order chi connectivity index (χ1) is 11.3. The fourth-order valence-electron chi connectivity index (χ4n) is 2.43. The Hall–Kier alpha value is -2.19. The lowest BCUT2D eigenvalue weighted by atomic mass is 10.1. The maximum atomic E-state index is 12.1. The largest absolute Gasteiger partial charge is 0.444 e. The highest BCUT2D eigenvalue weighted by atomic mass is 35.5. The molecular weight excluding hydrogens is 326 g/mol. The van der Waals surface area contributed by atoms with Gasteiger partial charge in [0.2, 0.25) is 0 Å². The summed E-state index contributed by atoms with van der Waals surface area (Å²) in [6.07, 6.45) is 1.37. The molecule has 1 aliphatic rings. The second-order valence-electron chi connectivity index (χ2n) is 6.65. The van der Waals surface area contributed by atoms with Crippen molar-refractivity contribution in [2.45, 2.75) is 26.4 Å². The minimum Gasteiger partial charge on any atom is -0.444 e. The Labute approximate surface area is 148 Å². The predicted molar refractivity (Wildman–Crippen MR) is 95.9 cm³/mol. The lowest BCUT2D eigenvalue weighted by molar-refractivity contribution is 0.0240. The van der Waals surface area contributed by atoms with Gasteiger partial charge in [-0.05, 0) is 44.5 Å². The van der Waals surface area contributed by atoms with Crippen molar-refractivity contribution >= 4 is 29.5 Å². The van der Waals surface area contributed by atoms with Gasteiger partial charge in [-0.15, -0.1) is 0 Å². The number of piperazine rings is 1. The van der Waals surface area contributed by atoms with Crippen LogP contribution in [0.25, 0.3) is 6.08 Å². The van der Waals surface area contributed by atoms with Gasteiger partial charge in [0.25, 0.3) is 0 Å². The van der Waals surface area contributed by atoms with Crippen LogP contribution in [-0.2, 0) is 4.74 Å². The van der Waals surface area contributed by atoms with Gasteiger partial charge in [0, 0.05) is 31.9 Å². The molecule has 1 heterocycles. The van der Waals surface area contributed by atoms with Crippen molar-refractivity contribution in [3.05, 3.63) is 34.9 Å². The van der Waals surface area contributed by atoms with Gasteiger partial charge >= 0.3 is 6.09 Å². The van der Waals surface area contributed by atoms with E-state index in [-0.39, 0.29) is 11.1 Å². The van der Waals surface area contributed by atoms with Gasteiger partial charge < -0.3 is 14.5 Å². The van der Waals surface area contributed by atoms with Crippen LogP contribution in [0.3, 0.4) is 0 Å². The van der Waals surface area contributed by atoms with Crippen LogP contribution in [0.15, 0.2) is 29.3 Å². The van der Waals surface area contributed by atoms with Crippen LogP contribution in [0.1, 0.15) is 26.3 Å². The second kappa shape index (κ2) is 7.59. The second-order valence-corrected chi connectivity index (χ2v) is 7.06. The quantitative estimate of drug-likeness (QED) is 0.762. The van der Waals surface area contributed by atoms with E-state index < -0.39 is 5.60 Å². The first kappa shape index (κ1) is 18.2. The average Bonchev–Trinajstić information content (AvgIpc) is 2.54. The Bertz CT molecular complexity index is 648. The van der Waals surface area contributed by atoms with E-state index in [0.29, 0.717) is 13.1 Å². The Morgan fingerprint density at radius 3 is 2.29 bits per heavy atom. The van der Waals surface area contributed by atoms with E-state index in [1.807, 2.05) is 51.1 Å². The van der Waals surface area contributed by atoms with Crippen LogP contribution in [-0.4, -0.2) is 42.8 Å². The summed E-state index contributed by atoms with van der Waals surface area (Å²) in [6, 6.07) is 9.73. The first-order valence-electron chi connectivity index (χ1n) is 7.89. The number of nitriles is 1. The number of anilines is 1. The Morgan fingerprint density at radius 1 is 1.21 bits per heavy atom. The van der Waals surface area contributed by atoms with Crippen LogP contribution < -0.4 is 4.90 Å². The molecule has 0 aliphatic carbocycles. The Morgan fingerprint density at radius 2 is 1.79 bits per heavy atom. The van der Waals surface area contributed by atoms with E-state index >= 15 is 0 Å². The van der Waals surface area contributed by atoms with Crippen molar-refractivity contribution in [2.24, 2.45) is 0 Å². The van der Waals surface area contributed by atoms with E-state index in [1.54, 1.807) is 11.0 Å². The topological polar surface area (TPSA) is 56.6 Å². The molecule has 1 aliphatic heterocycles. The van der Waals surface area contributed by atoms with E-state index in [0.717, 1.165) is 24.3 Å². The number of benzene rings is 1. The minimum atomic E-state index is -0.470. The van der Waals surface area contributed by atoms with Crippen molar-refractivity contribution in [1.29, 1.82) is 5.26 Å². The molecule has 128 valence electrons. The third-order valence-corrected chi connectivity index (χ3v) is 3.78. The number of hydrogen-bond donors (Lipinski definition) is 0. The normalized spacial score (nSPS) is 15.9. The number of carbonyl (C=O) groups excluding carboxylic acids is 1. The first-order valence-corrected chi connectivity index (χ1v) is 8.26. The van der Waals surface area contributed by atoms with Gasteiger partial charge in [-0.1, -0.05) is 23.7 Å². The minimum absolute atomic E-state index is 0.161. The molecule has 0 saturated carbocycles. The van der Waals surface area contributed by atoms with Crippen LogP contribution in [0.2, 0.25) is 0 Å². The van der Waals surface area contributed by atoms with Crippen molar-refractivity contribution in [3.63, 3.8) is 0 Å². The van der Waals surface area contributed by atoms with Gasteiger partial charge in [0.15, 0.2) is 0 Å². The lowest BCUT2D eigenvalue weighted by Crippen LogP contribution is -2.50. The standard InChI is InChI=1S/C18H22ClN3O2/c1-18(2,3)24-17(23)22-10-8-21(9-11-22)16-6-4-14(5-7-16)12-15(19)13-20/h4-7,12H,8-11H2,1-3H3. The number of ether oxygens (including phenoxy) is 1. The number of carbonyl (C=O) groups is 1. The molecule has 0 atom stereocenters. The molecule has 0 aromatic heterocycles. The van der Waals surface area contributed by atoms with Crippen molar-refractivity contribution in [3.8, 4) is 6.07 Å². The number of rotatable bonds is 2. The molecule has 2 rings (SSSR count). The fourth-order valence-corrected chi connectivity index (χ4v) is 2.56. The lowest BCUT2D eigenvalue weighted by Gasteiger charge is -2.36. The molecule has 1 saturated heterocycles. The number of nitrogens with zero attached hydrogens (tertiary/aromatic N) is 3. The highest BCUT2D eigenvalue weighted by molar-refractivity contribution is 6.33. The highest BCUT2D eigenvalue weighted by Gasteiger charge is 2.25. The summed E-state index contributed by atoms with van der Waals surface area (Å²) in [5.41, 5.74) is 1.50. The summed E-state index contributed by atoms with van der Waals surface area (Å²) >= 11 is 5.72. The predicted octanol–water partition coefficient (Wildman–Crippen LogP) is 3.85. The van der Waals surface area contributed by atoms with Crippen molar-refractivity contribution in [1.82, 2.24) is 4.90 Å². The van der Waals surface area contributed by atoms with Crippen molar-refractivity contribution < 1.29 is 9.53 Å². The summed E-state index contributed by atoms with van der Waals surface area (Å²) in [5, 5.41) is 8.85. The Balaban J connectivity index is 1.93. The SMILES string of the molecule is CC(C)(C)OC(=O)N1CCN(c2ccc(C=C(Cl)C#N)cc2)CC1. The number of amides is 1. The van der Waals surface area contributed by atoms with Crippen molar-refractivity contribution in [2.75, 3.05) is 31.1 Å². The zero-order valence-electron chi connectivity index (χ0n) is 14.3. The third kappa shape index (κ3) is 5.17. The Kier molecular flexibility index (Phi) is 5.74. The third-order valence-electron chi connectivity index (χ3n) is 3.59. The maximum Gasteiger partial charge on any atom is 0.410 e. The summed E-state index contributed by atoms with van der Waals surface area (Å²) in [5.74, 6) is 0. The van der Waals surface area contributed by atoms with Crippen LogP contribution in [0, 0.1) is 11.3 Å². The molecule has 0 radical (unpaired) electrons. The molecule has 6 heteroatoms. The number of allylic oxidation sites excluding steroid dienone is 1. The molecule has 1 amide bonds. The molecular formula is C18H22ClN3O2. The van der Waals surface area contributed by atoms with Gasteiger partial charge in [-0.3, -0.25) is 0 Å². The molecule has 0 spiro atoms. The van der Waals surface area contributed by atoms with E-state index in [2.05, 4.69) is 4.90 Å². The van der Waals surface area contributed by atoms with Gasteiger partial charge in [0.05, 0.1) is 0 Å². The molecule has 0 N–H and O–H groups in total. The van der Waals surface area contributed by atoms with E-state index in [4.69, 9.17) is 21.6 Å². The molecule has 1 fully saturated rings. The van der Waals surface area contributed by atoms with Gasteiger partial charge in [-0.25, -0.2) is 4.79 Å². The molecule has 1 aromatic rings. The fraction of sp³-hybridized carbons (Fsp3) is 0.444. The summed E-state index contributed by atoms with van der Waals surface area (Å²) in [7, 11) is 0. The molecule has 0 bridgehead atoms. The van der Waals surface area contributed by atoms with Crippen LogP contribution >= 0.6 is 11.6 Å². The van der Waals surface area contributed by atoms with Crippen LogP contribution in [0.4, 0.5) is 10.5 Å². The monoisotopic (exact) mass is 347 g/mol. The summed E-state index contributed by atoms with van der Waals surface area (Å²) in [4.78, 5) is 16.0. The number of hydrogen-bond acceptors (Lipinski definition) is 4. The summed E-state index contributed by atoms with van der Waals surface area (Å²) in [6.45, 7) is 8.40. The smallest absolute Gasteiger partial charge is 0.410 e. The van der Waals surface area contributed by atoms with E-state index in [1.165, 1.54) is 0 Å². The van der Waals surface area contributed by atoms with Gasteiger partial charge in [-0.2, -0.15) is 5.26 Å². The maximum absolute atomic E-state index is 12.1. The molecule has 5 nitrogen and oxygen atoms in total. The number of halogens is 1. The zero-order chi connectivity index (χ0) is 17.7. The average molecular weight is 348 g/mol. The zero-order valence-corrected chi connectivity index (χ0v) is 15.0.